The van der Waals surface area contributed by atoms with Crippen molar-refractivity contribution in [3.8, 4) is 11.4 Å². The first-order chi connectivity index (χ1) is 17.9. The van der Waals surface area contributed by atoms with E-state index in [9.17, 15) is 18.3 Å². The van der Waals surface area contributed by atoms with E-state index < -0.39 is 21.2 Å². The highest BCUT2D eigenvalue weighted by Crippen LogP contribution is 2.35. The molecule has 0 fully saturated rings. The highest BCUT2D eigenvalue weighted by molar-refractivity contribution is 7.91. The molecule has 2 N–H and O–H groups in total. The summed E-state index contributed by atoms with van der Waals surface area (Å²) in [6.07, 6.45) is 5.60. The fourth-order valence-electron chi connectivity index (χ4n) is 3.96. The highest BCUT2D eigenvalue weighted by Gasteiger charge is 2.32. The van der Waals surface area contributed by atoms with Gasteiger partial charge in [-0.3, -0.25) is 4.98 Å². The molecule has 0 saturated heterocycles. The second-order valence-electron chi connectivity index (χ2n) is 8.01. The number of methoxy groups -OCH3 is 1. The Kier molecular flexibility index (Phi) is 6.28. The molecule has 2 aromatic carbocycles. The minimum atomic E-state index is -4.08. The normalized spacial score (nSPS) is 12.2. The number of sulfone groups is 1. The van der Waals surface area contributed by atoms with Crippen LogP contribution in [-0.2, 0) is 9.84 Å². The van der Waals surface area contributed by atoms with E-state index >= 15 is 0 Å². The molecule has 11 heteroatoms. The Labute approximate surface area is 212 Å². The van der Waals surface area contributed by atoms with Gasteiger partial charge >= 0.3 is 5.97 Å². The number of para-hydroxylation sites is 1. The van der Waals surface area contributed by atoms with Crippen molar-refractivity contribution in [3.05, 3.63) is 103 Å². The van der Waals surface area contributed by atoms with Gasteiger partial charge in [-0.25, -0.2) is 22.9 Å². The molecule has 1 atom stereocenters. The van der Waals surface area contributed by atoms with Gasteiger partial charge in [0.2, 0.25) is 9.84 Å². The van der Waals surface area contributed by atoms with E-state index in [0.717, 1.165) is 0 Å². The van der Waals surface area contributed by atoms with E-state index in [1.54, 1.807) is 28.9 Å². The molecule has 5 aromatic rings. The van der Waals surface area contributed by atoms with Crippen molar-refractivity contribution < 1.29 is 23.1 Å². The van der Waals surface area contributed by atoms with E-state index in [-0.39, 0.29) is 16.1 Å². The smallest absolute Gasteiger partial charge is 0.339 e. The molecule has 0 spiro atoms. The average molecular weight is 516 g/mol. The van der Waals surface area contributed by atoms with Crippen LogP contribution in [0.1, 0.15) is 21.3 Å². The Hall–Kier alpha value is -4.77. The second kappa shape index (κ2) is 9.70. The van der Waals surface area contributed by atoms with Gasteiger partial charge in [0.1, 0.15) is 11.3 Å². The van der Waals surface area contributed by atoms with Crippen LogP contribution in [0.4, 0.5) is 5.69 Å². The number of benzene rings is 2. The van der Waals surface area contributed by atoms with E-state index in [2.05, 4.69) is 20.4 Å². The molecule has 0 amide bonds. The van der Waals surface area contributed by atoms with Crippen molar-refractivity contribution in [2.24, 2.45) is 0 Å². The molecule has 1 unspecified atom stereocenters. The summed E-state index contributed by atoms with van der Waals surface area (Å²) in [5, 5.41) is 16.3. The van der Waals surface area contributed by atoms with Gasteiger partial charge in [-0.15, -0.1) is 0 Å². The van der Waals surface area contributed by atoms with E-state index in [0.29, 0.717) is 28.0 Å². The third kappa shape index (κ3) is 4.47. The van der Waals surface area contributed by atoms with Crippen LogP contribution in [-0.4, -0.2) is 46.4 Å². The summed E-state index contributed by atoms with van der Waals surface area (Å²) in [5.41, 5.74) is 1.29. The molecule has 0 aliphatic rings. The van der Waals surface area contributed by atoms with Gasteiger partial charge in [0.15, 0.2) is 11.0 Å². The number of aromatic carboxylic acids is 1. The summed E-state index contributed by atoms with van der Waals surface area (Å²) in [7, 11) is -2.59. The molecule has 10 nitrogen and oxygen atoms in total. The molecule has 3 aromatic heterocycles. The fourth-order valence-corrected chi connectivity index (χ4v) is 5.52. The molecule has 3 heterocycles. The summed E-state index contributed by atoms with van der Waals surface area (Å²) in [6.45, 7) is 0. The number of nitrogens with one attached hydrogen (secondary N) is 1. The van der Waals surface area contributed by atoms with Gasteiger partial charge in [-0.05, 0) is 42.5 Å². The quantitative estimate of drug-likeness (QED) is 0.313. The predicted octanol–water partition coefficient (Wildman–Crippen LogP) is 4.11. The van der Waals surface area contributed by atoms with E-state index in [1.165, 1.54) is 44.0 Å². The Morgan fingerprint density at radius 2 is 1.76 bits per heavy atom. The van der Waals surface area contributed by atoms with Crippen molar-refractivity contribution in [1.82, 2.24) is 19.7 Å². The highest BCUT2D eigenvalue weighted by atomic mass is 32.2. The van der Waals surface area contributed by atoms with Crippen LogP contribution in [0, 0.1) is 0 Å². The Balaban J connectivity index is 1.68. The topological polar surface area (TPSA) is 136 Å². The minimum absolute atomic E-state index is 0.0248. The van der Waals surface area contributed by atoms with Crippen LogP contribution in [0.5, 0.6) is 5.75 Å². The lowest BCUT2D eigenvalue weighted by molar-refractivity contribution is 0.0697. The third-order valence-electron chi connectivity index (χ3n) is 5.79. The van der Waals surface area contributed by atoms with Crippen LogP contribution < -0.4 is 10.1 Å². The molecule has 37 heavy (non-hydrogen) atoms. The van der Waals surface area contributed by atoms with Crippen molar-refractivity contribution in [2.45, 2.75) is 10.3 Å². The van der Waals surface area contributed by atoms with Gasteiger partial charge in [0, 0.05) is 24.2 Å². The number of pyridine rings is 2. The van der Waals surface area contributed by atoms with Crippen molar-refractivity contribution in [1.29, 1.82) is 0 Å². The maximum absolute atomic E-state index is 13.9. The standard InChI is InChI=1S/C26H21N5O5S/c1-36-19-9-11-20(12-10-19)37(34,35)25(17-6-5-13-27-14-17)30-23-21-16-29-31(18-7-3-2-4-8-18)24(21)28-15-22(23)26(32)33/h2-16,25H,1H3,(H,28,30)(H,32,33). The summed E-state index contributed by atoms with van der Waals surface area (Å²) in [6, 6.07) is 18.4. The Morgan fingerprint density at radius 3 is 2.41 bits per heavy atom. The Bertz CT molecular complexity index is 1670. The number of carbonyl (C=O) groups is 1. The molecule has 5 rings (SSSR count). The monoisotopic (exact) mass is 515 g/mol. The zero-order valence-corrected chi connectivity index (χ0v) is 20.3. The molecular formula is C26H21N5O5S. The zero-order valence-electron chi connectivity index (χ0n) is 19.5. The number of carboxylic acid groups (broad SMARTS) is 1. The third-order valence-corrected chi connectivity index (χ3v) is 7.73. The van der Waals surface area contributed by atoms with Gasteiger partial charge in [-0.1, -0.05) is 24.3 Å². The minimum Gasteiger partial charge on any atom is -0.497 e. The average Bonchev–Trinajstić information content (AvgIpc) is 3.37. The van der Waals surface area contributed by atoms with E-state index in [4.69, 9.17) is 4.74 Å². The van der Waals surface area contributed by atoms with Gasteiger partial charge in [0.25, 0.3) is 0 Å². The van der Waals surface area contributed by atoms with Crippen LogP contribution in [0.2, 0.25) is 0 Å². The Morgan fingerprint density at radius 1 is 1.00 bits per heavy atom. The van der Waals surface area contributed by atoms with E-state index in [1.807, 2.05) is 30.3 Å². The number of nitrogens with zero attached hydrogens (tertiary/aromatic N) is 4. The number of aromatic nitrogens is 4. The molecule has 0 aliphatic carbocycles. The number of carboxylic acids is 1. The molecule has 186 valence electrons. The molecule has 0 aliphatic heterocycles. The van der Waals surface area contributed by atoms with Crippen LogP contribution >= 0.6 is 0 Å². The van der Waals surface area contributed by atoms with Crippen LogP contribution in [0.3, 0.4) is 0 Å². The summed E-state index contributed by atoms with van der Waals surface area (Å²) in [4.78, 5) is 20.6. The summed E-state index contributed by atoms with van der Waals surface area (Å²) in [5.74, 6) is -0.765. The lowest BCUT2D eigenvalue weighted by Gasteiger charge is -2.22. The molecular weight excluding hydrogens is 494 g/mol. The first kappa shape index (κ1) is 23.9. The maximum atomic E-state index is 13.9. The molecule has 0 bridgehead atoms. The summed E-state index contributed by atoms with van der Waals surface area (Å²) < 4.78 is 34.4. The number of rotatable bonds is 8. The van der Waals surface area contributed by atoms with Gasteiger partial charge < -0.3 is 15.2 Å². The SMILES string of the molecule is COc1ccc(S(=O)(=O)C(Nc2c(C(=O)O)cnc3c2cnn3-c2ccccc2)c2cccnc2)cc1. The summed E-state index contributed by atoms with van der Waals surface area (Å²) >= 11 is 0. The first-order valence-corrected chi connectivity index (χ1v) is 12.6. The van der Waals surface area contributed by atoms with Crippen LogP contribution in [0.15, 0.2) is 96.4 Å². The molecule has 0 saturated carbocycles. The fraction of sp³-hybridized carbons (Fsp3) is 0.0769. The zero-order chi connectivity index (χ0) is 26.0. The largest absolute Gasteiger partial charge is 0.497 e. The van der Waals surface area contributed by atoms with Gasteiger partial charge in [-0.2, -0.15) is 5.10 Å². The lowest BCUT2D eigenvalue weighted by Crippen LogP contribution is -2.23. The number of ether oxygens (including phenoxy) is 1. The number of anilines is 1. The van der Waals surface area contributed by atoms with Crippen molar-refractivity contribution in [3.63, 3.8) is 0 Å². The second-order valence-corrected chi connectivity index (χ2v) is 10.0. The number of fused-ring (bicyclic) bond motifs is 1. The van der Waals surface area contributed by atoms with Crippen molar-refractivity contribution in [2.75, 3.05) is 12.4 Å². The molecule has 0 radical (unpaired) electrons. The number of hydrogen-bond donors (Lipinski definition) is 2. The van der Waals surface area contributed by atoms with Crippen molar-refractivity contribution >= 4 is 32.5 Å². The predicted molar refractivity (Wildman–Crippen MR) is 137 cm³/mol. The number of hydrogen-bond acceptors (Lipinski definition) is 8. The maximum Gasteiger partial charge on any atom is 0.339 e. The lowest BCUT2D eigenvalue weighted by atomic mass is 10.1. The van der Waals surface area contributed by atoms with Crippen LogP contribution in [0.25, 0.3) is 16.7 Å². The first-order valence-electron chi connectivity index (χ1n) is 11.1. The van der Waals surface area contributed by atoms with Gasteiger partial charge in [0.05, 0.1) is 35.0 Å².